The van der Waals surface area contributed by atoms with Gasteiger partial charge in [0.15, 0.2) is 0 Å². The summed E-state index contributed by atoms with van der Waals surface area (Å²) in [6.45, 7) is 2.82. The number of benzene rings is 2. The predicted octanol–water partition coefficient (Wildman–Crippen LogP) is 2.24. The van der Waals surface area contributed by atoms with Crippen LogP contribution in [0.15, 0.2) is 60.9 Å². The van der Waals surface area contributed by atoms with Crippen LogP contribution < -0.4 is 10.6 Å². The molecule has 0 bridgehead atoms. The molecule has 0 saturated carbocycles. The number of aromatic nitrogens is 2. The van der Waals surface area contributed by atoms with Gasteiger partial charge < -0.3 is 15.5 Å². The first-order chi connectivity index (χ1) is 13.7. The molecule has 28 heavy (non-hydrogen) atoms. The minimum atomic E-state index is -0.452. The highest BCUT2D eigenvalue weighted by Gasteiger charge is 2.26. The number of nitrogens with two attached hydrogens (primary N) is 1. The second kappa shape index (κ2) is 8.35. The number of amides is 1. The molecule has 6 nitrogen and oxygen atoms in total. The first kappa shape index (κ1) is 18.4. The Balaban J connectivity index is 1.35. The van der Waals surface area contributed by atoms with Crippen LogP contribution in [0.5, 0.6) is 0 Å². The minimum absolute atomic E-state index is 0.0446. The number of carbonyl (C=O) groups excluding carboxylic acids is 1. The van der Waals surface area contributed by atoms with Crippen LogP contribution in [-0.2, 0) is 11.2 Å². The number of piperazine rings is 1. The van der Waals surface area contributed by atoms with Crippen molar-refractivity contribution in [1.82, 2.24) is 14.9 Å². The van der Waals surface area contributed by atoms with Crippen molar-refractivity contribution in [2.24, 2.45) is 5.73 Å². The predicted molar refractivity (Wildman–Crippen MR) is 111 cm³/mol. The normalized spacial score (nSPS) is 15.6. The van der Waals surface area contributed by atoms with E-state index in [0.717, 1.165) is 36.2 Å². The monoisotopic (exact) mass is 375 g/mol. The molecule has 1 atom stereocenters. The average molecular weight is 375 g/mol. The molecule has 4 rings (SSSR count). The van der Waals surface area contributed by atoms with Gasteiger partial charge in [0.2, 0.25) is 5.91 Å². The van der Waals surface area contributed by atoms with Crippen LogP contribution in [0.1, 0.15) is 12.0 Å². The zero-order chi connectivity index (χ0) is 19.3. The molecule has 0 radical (unpaired) electrons. The lowest BCUT2D eigenvalue weighted by Crippen LogP contribution is -2.53. The van der Waals surface area contributed by atoms with Gasteiger partial charge in [-0.1, -0.05) is 42.5 Å². The number of aryl methyl sites for hydroxylation is 1. The lowest BCUT2D eigenvalue weighted by Gasteiger charge is -2.36. The molecule has 1 saturated heterocycles. The molecule has 6 heteroatoms. The largest absolute Gasteiger partial charge is 0.352 e. The van der Waals surface area contributed by atoms with Crippen molar-refractivity contribution in [2.75, 3.05) is 31.1 Å². The topological polar surface area (TPSA) is 75.4 Å². The van der Waals surface area contributed by atoms with Gasteiger partial charge in [-0.2, -0.15) is 0 Å². The highest BCUT2D eigenvalue weighted by molar-refractivity contribution is 5.89. The lowest BCUT2D eigenvalue weighted by atomic mass is 10.0. The van der Waals surface area contributed by atoms with Gasteiger partial charge in [0.1, 0.15) is 12.1 Å². The molecular weight excluding hydrogens is 350 g/mol. The third kappa shape index (κ3) is 3.97. The van der Waals surface area contributed by atoms with E-state index < -0.39 is 6.04 Å². The lowest BCUT2D eigenvalue weighted by molar-refractivity contribution is -0.133. The summed E-state index contributed by atoms with van der Waals surface area (Å²) < 4.78 is 0. The van der Waals surface area contributed by atoms with Gasteiger partial charge in [-0.3, -0.25) is 4.79 Å². The van der Waals surface area contributed by atoms with Crippen molar-refractivity contribution in [3.05, 3.63) is 66.5 Å². The van der Waals surface area contributed by atoms with Crippen LogP contribution in [0.3, 0.4) is 0 Å². The molecule has 1 aliphatic rings. The van der Waals surface area contributed by atoms with E-state index in [2.05, 4.69) is 27.0 Å². The van der Waals surface area contributed by atoms with E-state index in [1.165, 1.54) is 5.56 Å². The van der Waals surface area contributed by atoms with Crippen LogP contribution >= 0.6 is 0 Å². The molecule has 2 heterocycles. The second-order valence-electron chi connectivity index (χ2n) is 7.16. The van der Waals surface area contributed by atoms with Crippen LogP contribution in [-0.4, -0.2) is 53.0 Å². The zero-order valence-corrected chi connectivity index (χ0v) is 15.9. The Morgan fingerprint density at radius 3 is 2.46 bits per heavy atom. The number of rotatable bonds is 5. The van der Waals surface area contributed by atoms with E-state index in [1.54, 1.807) is 6.33 Å². The molecular formula is C22H25N5O. The second-order valence-corrected chi connectivity index (χ2v) is 7.16. The average Bonchev–Trinajstić information content (AvgIpc) is 2.77. The summed E-state index contributed by atoms with van der Waals surface area (Å²) in [4.78, 5) is 25.7. The molecule has 1 aliphatic heterocycles. The van der Waals surface area contributed by atoms with Gasteiger partial charge >= 0.3 is 0 Å². The summed E-state index contributed by atoms with van der Waals surface area (Å²) in [6.07, 6.45) is 3.09. The molecule has 1 amide bonds. The zero-order valence-electron chi connectivity index (χ0n) is 15.9. The fraction of sp³-hybridized carbons (Fsp3) is 0.318. The fourth-order valence-electron chi connectivity index (χ4n) is 3.71. The first-order valence-corrected chi connectivity index (χ1v) is 9.75. The maximum Gasteiger partial charge on any atom is 0.239 e. The third-order valence-corrected chi connectivity index (χ3v) is 5.32. The Morgan fingerprint density at radius 2 is 1.68 bits per heavy atom. The van der Waals surface area contributed by atoms with Crippen molar-refractivity contribution >= 4 is 22.6 Å². The maximum atomic E-state index is 12.7. The molecule has 144 valence electrons. The molecule has 2 aromatic carbocycles. The highest BCUT2D eigenvalue weighted by Crippen LogP contribution is 2.23. The van der Waals surface area contributed by atoms with Crippen molar-refractivity contribution < 1.29 is 4.79 Å². The summed E-state index contributed by atoms with van der Waals surface area (Å²) in [6, 6.07) is 17.7. The third-order valence-electron chi connectivity index (χ3n) is 5.32. The van der Waals surface area contributed by atoms with Crippen LogP contribution in [0.4, 0.5) is 5.82 Å². The van der Waals surface area contributed by atoms with Gasteiger partial charge in [-0.25, -0.2) is 9.97 Å². The number of fused-ring (bicyclic) bond motifs is 1. The van der Waals surface area contributed by atoms with Gasteiger partial charge in [-0.05, 0) is 30.5 Å². The summed E-state index contributed by atoms with van der Waals surface area (Å²) in [5.41, 5.74) is 8.34. The molecule has 1 aromatic heterocycles. The van der Waals surface area contributed by atoms with E-state index in [4.69, 9.17) is 5.73 Å². The summed E-state index contributed by atoms with van der Waals surface area (Å²) >= 11 is 0. The van der Waals surface area contributed by atoms with Gasteiger partial charge in [0.05, 0.1) is 11.6 Å². The van der Waals surface area contributed by atoms with Crippen LogP contribution in [0.25, 0.3) is 10.9 Å². The molecule has 0 aliphatic carbocycles. The summed E-state index contributed by atoms with van der Waals surface area (Å²) in [5, 5.41) is 1.05. The molecule has 1 fully saturated rings. The van der Waals surface area contributed by atoms with Crippen molar-refractivity contribution in [3.63, 3.8) is 0 Å². The molecule has 1 unspecified atom stereocenters. The fourth-order valence-corrected chi connectivity index (χ4v) is 3.71. The number of hydrogen-bond acceptors (Lipinski definition) is 5. The van der Waals surface area contributed by atoms with Crippen molar-refractivity contribution in [2.45, 2.75) is 18.9 Å². The van der Waals surface area contributed by atoms with Gasteiger partial charge in [-0.15, -0.1) is 0 Å². The van der Waals surface area contributed by atoms with Gasteiger partial charge in [0.25, 0.3) is 0 Å². The Morgan fingerprint density at radius 1 is 0.964 bits per heavy atom. The van der Waals surface area contributed by atoms with E-state index in [9.17, 15) is 4.79 Å². The summed E-state index contributed by atoms with van der Waals surface area (Å²) in [7, 11) is 0. The van der Waals surface area contributed by atoms with E-state index in [-0.39, 0.29) is 5.91 Å². The highest BCUT2D eigenvalue weighted by atomic mass is 16.2. The molecule has 2 N–H and O–H groups in total. The van der Waals surface area contributed by atoms with Crippen molar-refractivity contribution in [1.29, 1.82) is 0 Å². The van der Waals surface area contributed by atoms with E-state index in [1.807, 2.05) is 47.4 Å². The SMILES string of the molecule is NC(CCc1ccccc1)C(=O)N1CCN(c2ncnc3ccccc23)CC1. The summed E-state index contributed by atoms with van der Waals surface area (Å²) in [5.74, 6) is 0.981. The Kier molecular flexibility index (Phi) is 5.48. The molecule has 0 spiro atoms. The Bertz CT molecular complexity index is 933. The number of nitrogens with zero attached hydrogens (tertiary/aromatic N) is 4. The van der Waals surface area contributed by atoms with Gasteiger partial charge in [0, 0.05) is 31.6 Å². The maximum absolute atomic E-state index is 12.7. The smallest absolute Gasteiger partial charge is 0.239 e. The first-order valence-electron chi connectivity index (χ1n) is 9.75. The Hall–Kier alpha value is -2.99. The molecule has 3 aromatic rings. The number of para-hydroxylation sites is 1. The van der Waals surface area contributed by atoms with Crippen molar-refractivity contribution in [3.8, 4) is 0 Å². The number of anilines is 1. The van der Waals surface area contributed by atoms with Crippen LogP contribution in [0.2, 0.25) is 0 Å². The number of hydrogen-bond donors (Lipinski definition) is 1. The standard InChI is InChI=1S/C22H25N5O/c23-19(11-10-17-6-2-1-3-7-17)22(28)27-14-12-26(13-15-27)21-18-8-4-5-9-20(18)24-16-25-21/h1-9,16,19H,10-15,23H2. The minimum Gasteiger partial charge on any atom is -0.352 e. The van der Waals surface area contributed by atoms with E-state index in [0.29, 0.717) is 19.5 Å². The number of carbonyl (C=O) groups is 1. The Labute approximate surface area is 165 Å². The quantitative estimate of drug-likeness (QED) is 0.740. The van der Waals surface area contributed by atoms with Crippen LogP contribution in [0, 0.1) is 0 Å². The van der Waals surface area contributed by atoms with E-state index >= 15 is 0 Å².